The van der Waals surface area contributed by atoms with E-state index in [1.165, 1.54) is 49.2 Å². The molecule has 1 aliphatic rings. The highest BCUT2D eigenvalue weighted by Gasteiger charge is 2.23. The van der Waals surface area contributed by atoms with Gasteiger partial charge in [-0.05, 0) is 61.3 Å². The predicted molar refractivity (Wildman–Crippen MR) is 190 cm³/mol. The van der Waals surface area contributed by atoms with E-state index in [9.17, 15) is 4.79 Å². The van der Waals surface area contributed by atoms with Crippen molar-refractivity contribution in [3.8, 4) is 62.0 Å². The van der Waals surface area contributed by atoms with E-state index in [1.54, 1.807) is 48.5 Å². The summed E-state index contributed by atoms with van der Waals surface area (Å²) in [5, 5.41) is 3.29. The van der Waals surface area contributed by atoms with Gasteiger partial charge in [-0.15, -0.1) is 0 Å². The summed E-state index contributed by atoms with van der Waals surface area (Å²) < 4.78 is 48.9. The molecule has 0 aliphatic carbocycles. The number of benzene rings is 3. The minimum absolute atomic E-state index is 0.0882. The number of para-hydroxylation sites is 1. The number of ether oxygens (including phenoxy) is 3. The van der Waals surface area contributed by atoms with Gasteiger partial charge in [0.1, 0.15) is 35.1 Å². The second-order valence-corrected chi connectivity index (χ2v) is 11.9. The first kappa shape index (κ1) is 33.9. The first-order valence-electron chi connectivity index (χ1n) is 16.4. The Morgan fingerprint density at radius 2 is 1.48 bits per heavy atom. The minimum atomic E-state index is -0.741. The number of nitrogens with two attached hydrogens (primary N) is 2. The number of esters is 1. The van der Waals surface area contributed by atoms with Gasteiger partial charge in [-0.3, -0.25) is 4.98 Å². The molecule has 3 aromatic carbocycles. The fraction of sp³-hybridized carbons (Fsp3) is 0.158. The van der Waals surface area contributed by atoms with Gasteiger partial charge in [0.05, 0.1) is 23.7 Å². The summed E-state index contributed by atoms with van der Waals surface area (Å²) in [5.74, 6) is -0.905. The van der Waals surface area contributed by atoms with Crippen LogP contribution in [-0.2, 0) is 4.79 Å². The molecule has 0 bridgehead atoms. The number of rotatable bonds is 10. The van der Waals surface area contributed by atoms with Gasteiger partial charge in [-0.25, -0.2) is 33.5 Å². The maximum absolute atomic E-state index is 15.6. The molecule has 3 aromatic heterocycles. The number of anilines is 2. The summed E-state index contributed by atoms with van der Waals surface area (Å²) in [7, 11) is 0. The largest absolute Gasteiger partial charge is 0.481 e. The molecule has 1 saturated heterocycles. The summed E-state index contributed by atoms with van der Waals surface area (Å²) in [6, 6.07) is 17.7. The smallest absolute Gasteiger partial charge is 0.349 e. The monoisotopic (exact) mass is 702 g/mol. The van der Waals surface area contributed by atoms with Crippen LogP contribution in [0.5, 0.6) is 17.4 Å². The summed E-state index contributed by atoms with van der Waals surface area (Å²) in [4.78, 5) is 33.8. The summed E-state index contributed by atoms with van der Waals surface area (Å²) in [6.45, 7) is 1.05. The van der Waals surface area contributed by atoms with Crippen LogP contribution in [0, 0.1) is 11.6 Å². The number of nitrogens with zero attached hydrogens (tertiary/aromatic N) is 5. The average Bonchev–Trinajstić information content (AvgIpc) is 3.15. The number of halogens is 2. The van der Waals surface area contributed by atoms with Crippen molar-refractivity contribution in [1.82, 2.24) is 30.2 Å². The van der Waals surface area contributed by atoms with Gasteiger partial charge in [-0.1, -0.05) is 36.4 Å². The number of pyridine rings is 1. The quantitative estimate of drug-likeness (QED) is 0.145. The highest BCUT2D eigenvalue weighted by molar-refractivity contribution is 5.82. The number of aromatic nitrogens is 5. The lowest BCUT2D eigenvalue weighted by atomic mass is 10.0. The summed E-state index contributed by atoms with van der Waals surface area (Å²) in [6.07, 6.45) is 8.42. The zero-order chi connectivity index (χ0) is 36.0. The fourth-order valence-corrected chi connectivity index (χ4v) is 5.81. The second-order valence-electron chi connectivity index (χ2n) is 11.9. The summed E-state index contributed by atoms with van der Waals surface area (Å²) >= 11 is 0. The van der Waals surface area contributed by atoms with Crippen LogP contribution in [0.2, 0.25) is 0 Å². The van der Waals surface area contributed by atoms with Crippen LogP contribution in [0.1, 0.15) is 12.8 Å². The Kier molecular flexibility index (Phi) is 9.88. The van der Waals surface area contributed by atoms with Crippen LogP contribution >= 0.6 is 0 Å². The third kappa shape index (κ3) is 7.61. The normalized spacial score (nSPS) is 13.0. The third-order valence-electron chi connectivity index (χ3n) is 8.37. The SMILES string of the molecule is Nc1cnc(-c2ccc(-c3c(OC(=O)COc4ccccc4-c4ccc(-c5cnc(N)nc5)c(F)c4)ccnc3OC3CCNCC3)cc2F)cn1. The topological polar surface area (TPSA) is 173 Å². The molecular formula is C38H32F2N8O4. The van der Waals surface area contributed by atoms with Crippen molar-refractivity contribution in [3.63, 3.8) is 0 Å². The molecule has 14 heteroatoms. The van der Waals surface area contributed by atoms with Gasteiger partial charge in [0, 0.05) is 46.9 Å². The van der Waals surface area contributed by atoms with Gasteiger partial charge in [-0.2, -0.15) is 0 Å². The number of hydrogen-bond acceptors (Lipinski definition) is 12. The lowest BCUT2D eigenvalue weighted by molar-refractivity contribution is -0.136. The molecule has 0 atom stereocenters. The number of carbonyl (C=O) groups is 1. The van der Waals surface area contributed by atoms with E-state index in [2.05, 4.69) is 30.2 Å². The van der Waals surface area contributed by atoms with Crippen molar-refractivity contribution >= 4 is 17.7 Å². The van der Waals surface area contributed by atoms with E-state index in [-0.39, 0.29) is 35.1 Å². The van der Waals surface area contributed by atoms with E-state index >= 15 is 8.78 Å². The van der Waals surface area contributed by atoms with E-state index in [0.29, 0.717) is 44.8 Å². The molecule has 262 valence electrons. The number of carbonyl (C=O) groups excluding carboxylic acids is 1. The maximum Gasteiger partial charge on any atom is 0.349 e. The number of hydrogen-bond donors (Lipinski definition) is 3. The van der Waals surface area contributed by atoms with Gasteiger partial charge in [0.2, 0.25) is 11.8 Å². The van der Waals surface area contributed by atoms with Crippen LogP contribution in [0.4, 0.5) is 20.5 Å². The van der Waals surface area contributed by atoms with Gasteiger partial charge in [0.15, 0.2) is 6.61 Å². The highest BCUT2D eigenvalue weighted by atomic mass is 19.1. The Balaban J connectivity index is 1.13. The van der Waals surface area contributed by atoms with Gasteiger partial charge in [0.25, 0.3) is 0 Å². The molecule has 6 aromatic rings. The molecule has 1 fully saturated rings. The van der Waals surface area contributed by atoms with E-state index in [4.69, 9.17) is 25.7 Å². The molecule has 52 heavy (non-hydrogen) atoms. The van der Waals surface area contributed by atoms with Gasteiger partial charge >= 0.3 is 5.97 Å². The van der Waals surface area contributed by atoms with Crippen LogP contribution in [0.15, 0.2) is 97.7 Å². The molecule has 1 aliphatic heterocycles. The molecular weight excluding hydrogens is 670 g/mol. The Labute approximate surface area is 296 Å². The average molecular weight is 703 g/mol. The van der Waals surface area contributed by atoms with E-state index in [0.717, 1.165) is 25.9 Å². The molecule has 0 amide bonds. The number of nitrogen functional groups attached to an aromatic ring is 2. The molecule has 0 unspecified atom stereocenters. The Morgan fingerprint density at radius 1 is 0.750 bits per heavy atom. The van der Waals surface area contributed by atoms with Crippen LogP contribution in [-0.4, -0.2) is 56.7 Å². The predicted octanol–water partition coefficient (Wildman–Crippen LogP) is 5.89. The molecule has 0 radical (unpaired) electrons. The van der Waals surface area contributed by atoms with Crippen molar-refractivity contribution in [2.45, 2.75) is 18.9 Å². The molecule has 4 heterocycles. The standard InChI is InChI=1S/C38H32F2N8O4/c39-29-15-22(5-7-26(29)24-17-47-38(42)48-18-24)27-3-1-2-4-32(27)50-21-35(49)52-33-11-14-44-37(51-25-9-12-43-13-10-25)36(33)23-6-8-28(30(40)16-23)31-19-46-34(41)20-45-31/h1-8,11,14-20,25,43H,9-10,12-13,21H2,(H2,41,46)(H2,42,47,48). The minimum Gasteiger partial charge on any atom is -0.481 e. The zero-order valence-corrected chi connectivity index (χ0v) is 27.6. The van der Waals surface area contributed by atoms with Crippen molar-refractivity contribution in [2.24, 2.45) is 0 Å². The van der Waals surface area contributed by atoms with Gasteiger partial charge < -0.3 is 31.0 Å². The van der Waals surface area contributed by atoms with E-state index < -0.39 is 24.2 Å². The van der Waals surface area contributed by atoms with Crippen molar-refractivity contribution < 1.29 is 27.8 Å². The van der Waals surface area contributed by atoms with Crippen LogP contribution < -0.4 is 31.0 Å². The molecule has 0 spiro atoms. The first-order chi connectivity index (χ1) is 25.3. The van der Waals surface area contributed by atoms with Crippen molar-refractivity contribution in [2.75, 3.05) is 31.2 Å². The zero-order valence-electron chi connectivity index (χ0n) is 27.6. The molecule has 12 nitrogen and oxygen atoms in total. The highest BCUT2D eigenvalue weighted by Crippen LogP contribution is 2.40. The second kappa shape index (κ2) is 15.1. The molecule has 5 N–H and O–H groups in total. The lowest BCUT2D eigenvalue weighted by Gasteiger charge is -2.25. The Hall–Kier alpha value is -6.54. The molecule has 7 rings (SSSR count). The fourth-order valence-electron chi connectivity index (χ4n) is 5.81. The Morgan fingerprint density at radius 3 is 2.23 bits per heavy atom. The van der Waals surface area contributed by atoms with E-state index in [1.807, 2.05) is 0 Å². The third-order valence-corrected chi connectivity index (χ3v) is 8.37. The Bertz CT molecular complexity index is 2220. The van der Waals surface area contributed by atoms with Crippen molar-refractivity contribution in [1.29, 1.82) is 0 Å². The molecule has 0 saturated carbocycles. The summed E-state index contributed by atoms with van der Waals surface area (Å²) in [5.41, 5.74) is 14.2. The number of piperidine rings is 1. The van der Waals surface area contributed by atoms with Crippen LogP contribution in [0.25, 0.3) is 44.6 Å². The number of nitrogens with one attached hydrogen (secondary N) is 1. The maximum atomic E-state index is 15.6. The lowest BCUT2D eigenvalue weighted by Crippen LogP contribution is -2.34. The first-order valence-corrected chi connectivity index (χ1v) is 16.4. The van der Waals surface area contributed by atoms with Crippen molar-refractivity contribution in [3.05, 3.63) is 109 Å². The van der Waals surface area contributed by atoms with Crippen LogP contribution in [0.3, 0.4) is 0 Å².